The molecule has 0 aliphatic rings. The van der Waals surface area contributed by atoms with E-state index in [2.05, 4.69) is 57.5 Å². The average molecular weight is 293 g/mol. The predicted octanol–water partition coefficient (Wildman–Crippen LogP) is 4.03. The molecule has 1 aromatic carbocycles. The summed E-state index contributed by atoms with van der Waals surface area (Å²) in [5, 5.41) is 0.903. The first-order valence-corrected chi connectivity index (χ1v) is 7.06. The molecule has 0 amide bonds. The van der Waals surface area contributed by atoms with E-state index in [-0.39, 0.29) is 0 Å². The number of alkyl halides is 1. The number of hydrogen-bond donors (Lipinski definition) is 0. The minimum Gasteiger partial charge on any atom is -0.304 e. The molecular formula is C14H17BrN2. The Morgan fingerprint density at radius 3 is 2.82 bits per heavy atom. The minimum absolute atomic E-state index is 0.903. The monoisotopic (exact) mass is 292 g/mol. The Morgan fingerprint density at radius 2 is 2.18 bits per heavy atom. The highest BCUT2D eigenvalue weighted by molar-refractivity contribution is 9.08. The molecule has 0 aliphatic heterocycles. The lowest BCUT2D eigenvalue weighted by Crippen LogP contribution is -2.02. The van der Waals surface area contributed by atoms with Gasteiger partial charge in [0.15, 0.2) is 0 Å². The van der Waals surface area contributed by atoms with E-state index in [1.165, 1.54) is 16.8 Å². The third-order valence-corrected chi connectivity index (χ3v) is 3.51. The van der Waals surface area contributed by atoms with Crippen LogP contribution in [0.1, 0.15) is 30.3 Å². The molecule has 1 heterocycles. The fourth-order valence-electron chi connectivity index (χ4n) is 2.03. The van der Waals surface area contributed by atoms with Crippen LogP contribution < -0.4 is 0 Å². The second-order valence-electron chi connectivity index (χ2n) is 4.22. The molecule has 0 saturated carbocycles. The zero-order valence-electron chi connectivity index (χ0n) is 10.3. The molecule has 0 saturated heterocycles. The Kier molecular flexibility index (Phi) is 4.00. The Morgan fingerprint density at radius 1 is 1.35 bits per heavy atom. The van der Waals surface area contributed by atoms with Gasteiger partial charge in [-0.25, -0.2) is 4.98 Å². The number of nitrogens with zero attached hydrogens (tertiary/aromatic N) is 2. The lowest BCUT2D eigenvalue weighted by atomic mass is 10.1. The first-order valence-electron chi connectivity index (χ1n) is 5.94. The number of imidazole rings is 1. The lowest BCUT2D eigenvalue weighted by molar-refractivity contribution is 0.807. The Balaban J connectivity index is 2.42. The largest absolute Gasteiger partial charge is 0.304 e. The molecule has 2 nitrogen and oxygen atoms in total. The van der Waals surface area contributed by atoms with Crippen molar-refractivity contribution in [1.82, 2.24) is 9.55 Å². The van der Waals surface area contributed by atoms with Gasteiger partial charge in [0, 0.05) is 29.8 Å². The van der Waals surface area contributed by atoms with Crippen molar-refractivity contribution in [3.63, 3.8) is 0 Å². The summed E-state index contributed by atoms with van der Waals surface area (Å²) < 4.78 is 2.19. The maximum absolute atomic E-state index is 4.42. The van der Waals surface area contributed by atoms with E-state index >= 15 is 0 Å². The maximum atomic E-state index is 4.42. The molecule has 0 N–H and O–H groups in total. The number of aromatic nitrogens is 2. The van der Waals surface area contributed by atoms with Gasteiger partial charge >= 0.3 is 0 Å². The van der Waals surface area contributed by atoms with E-state index in [1.807, 2.05) is 12.4 Å². The van der Waals surface area contributed by atoms with Gasteiger partial charge in [-0.05, 0) is 30.5 Å². The molecule has 1 aromatic heterocycles. The van der Waals surface area contributed by atoms with Crippen LogP contribution in [0.3, 0.4) is 0 Å². The smallest absolute Gasteiger partial charge is 0.113 e. The van der Waals surface area contributed by atoms with Gasteiger partial charge in [-0.1, -0.05) is 35.0 Å². The molecule has 90 valence electrons. The summed E-state index contributed by atoms with van der Waals surface area (Å²) in [6, 6.07) is 6.55. The van der Waals surface area contributed by atoms with Crippen LogP contribution in [0.5, 0.6) is 0 Å². The van der Waals surface area contributed by atoms with Crippen molar-refractivity contribution in [2.24, 2.45) is 0 Å². The topological polar surface area (TPSA) is 17.8 Å². The SMILES string of the molecule is CCCc1nccn1-c1ccc(CBr)cc1C. The first-order chi connectivity index (χ1) is 8.26. The Hall–Kier alpha value is -1.09. The minimum atomic E-state index is 0.903. The van der Waals surface area contributed by atoms with Crippen molar-refractivity contribution in [2.75, 3.05) is 0 Å². The van der Waals surface area contributed by atoms with Crippen molar-refractivity contribution in [3.05, 3.63) is 47.5 Å². The number of hydrogen-bond acceptors (Lipinski definition) is 1. The summed E-state index contributed by atoms with van der Waals surface area (Å²) in [7, 11) is 0. The summed E-state index contributed by atoms with van der Waals surface area (Å²) >= 11 is 3.49. The van der Waals surface area contributed by atoms with Crippen LogP contribution in [-0.2, 0) is 11.8 Å². The third kappa shape index (κ3) is 2.60. The zero-order valence-corrected chi connectivity index (χ0v) is 11.9. The Bertz CT molecular complexity index is 503. The second kappa shape index (κ2) is 5.50. The molecule has 2 aromatic rings. The molecule has 0 spiro atoms. The summed E-state index contributed by atoms with van der Waals surface area (Å²) in [5.74, 6) is 1.14. The summed E-state index contributed by atoms with van der Waals surface area (Å²) in [6.45, 7) is 4.33. The van der Waals surface area contributed by atoms with Gasteiger partial charge in [-0.2, -0.15) is 0 Å². The summed E-state index contributed by atoms with van der Waals surface area (Å²) in [4.78, 5) is 4.42. The Labute approximate surface area is 111 Å². The van der Waals surface area contributed by atoms with Crippen molar-refractivity contribution in [2.45, 2.75) is 32.0 Å². The van der Waals surface area contributed by atoms with Gasteiger partial charge < -0.3 is 4.57 Å². The zero-order chi connectivity index (χ0) is 12.3. The molecule has 0 radical (unpaired) electrons. The van der Waals surface area contributed by atoms with Gasteiger partial charge in [0.1, 0.15) is 5.82 Å². The van der Waals surface area contributed by atoms with Crippen LogP contribution in [0.15, 0.2) is 30.6 Å². The van der Waals surface area contributed by atoms with Gasteiger partial charge in [-0.15, -0.1) is 0 Å². The molecular weight excluding hydrogens is 276 g/mol. The van der Waals surface area contributed by atoms with Gasteiger partial charge in [0.25, 0.3) is 0 Å². The van der Waals surface area contributed by atoms with E-state index in [9.17, 15) is 0 Å². The maximum Gasteiger partial charge on any atom is 0.113 e. The highest BCUT2D eigenvalue weighted by Gasteiger charge is 2.06. The standard InChI is InChI=1S/C14H17BrN2/c1-3-4-14-16-7-8-17(14)13-6-5-12(10-15)9-11(13)2/h5-9H,3-4,10H2,1-2H3. The molecule has 3 heteroatoms. The van der Waals surface area contributed by atoms with E-state index in [1.54, 1.807) is 0 Å². The quantitative estimate of drug-likeness (QED) is 0.778. The molecule has 17 heavy (non-hydrogen) atoms. The highest BCUT2D eigenvalue weighted by Crippen LogP contribution is 2.19. The van der Waals surface area contributed by atoms with Crippen LogP contribution in [0.2, 0.25) is 0 Å². The number of benzene rings is 1. The molecule has 0 aliphatic carbocycles. The van der Waals surface area contributed by atoms with Crippen LogP contribution in [0, 0.1) is 6.92 Å². The van der Waals surface area contributed by atoms with Gasteiger partial charge in [0.2, 0.25) is 0 Å². The van der Waals surface area contributed by atoms with Crippen molar-refractivity contribution < 1.29 is 0 Å². The first kappa shape index (κ1) is 12.4. The normalized spacial score (nSPS) is 10.8. The molecule has 0 unspecified atom stereocenters. The van der Waals surface area contributed by atoms with E-state index in [4.69, 9.17) is 0 Å². The number of aryl methyl sites for hydroxylation is 2. The van der Waals surface area contributed by atoms with Gasteiger partial charge in [-0.3, -0.25) is 0 Å². The van der Waals surface area contributed by atoms with Crippen molar-refractivity contribution in [1.29, 1.82) is 0 Å². The van der Waals surface area contributed by atoms with Crippen LogP contribution >= 0.6 is 15.9 Å². The predicted molar refractivity (Wildman–Crippen MR) is 74.9 cm³/mol. The fourth-order valence-corrected chi connectivity index (χ4v) is 2.38. The van der Waals surface area contributed by atoms with Crippen LogP contribution in [0.25, 0.3) is 5.69 Å². The highest BCUT2D eigenvalue weighted by atomic mass is 79.9. The molecule has 0 bridgehead atoms. The molecule has 0 fully saturated rings. The number of halogens is 1. The average Bonchev–Trinajstić information content (AvgIpc) is 2.77. The molecule has 2 rings (SSSR count). The van der Waals surface area contributed by atoms with Crippen LogP contribution in [0.4, 0.5) is 0 Å². The lowest BCUT2D eigenvalue weighted by Gasteiger charge is -2.11. The van der Waals surface area contributed by atoms with E-state index in [0.29, 0.717) is 0 Å². The summed E-state index contributed by atoms with van der Waals surface area (Å²) in [6.07, 6.45) is 6.06. The van der Waals surface area contributed by atoms with E-state index in [0.717, 1.165) is 24.0 Å². The number of rotatable bonds is 4. The third-order valence-electron chi connectivity index (χ3n) is 2.87. The fraction of sp³-hybridized carbons (Fsp3) is 0.357. The molecule has 0 atom stereocenters. The second-order valence-corrected chi connectivity index (χ2v) is 4.78. The van der Waals surface area contributed by atoms with Crippen molar-refractivity contribution >= 4 is 15.9 Å². The van der Waals surface area contributed by atoms with Gasteiger partial charge in [0.05, 0.1) is 0 Å². The van der Waals surface area contributed by atoms with E-state index < -0.39 is 0 Å². The van der Waals surface area contributed by atoms with Crippen molar-refractivity contribution in [3.8, 4) is 5.69 Å². The summed E-state index contributed by atoms with van der Waals surface area (Å²) in [5.41, 5.74) is 3.83. The van der Waals surface area contributed by atoms with Crippen LogP contribution in [-0.4, -0.2) is 9.55 Å².